The average Bonchev–Trinajstić information content (AvgIpc) is 3.10. The largest absolute Gasteiger partial charge is 0.497 e. The summed E-state index contributed by atoms with van der Waals surface area (Å²) < 4.78 is 10.5. The van der Waals surface area contributed by atoms with Crippen LogP contribution in [0.3, 0.4) is 0 Å². The summed E-state index contributed by atoms with van der Waals surface area (Å²) >= 11 is 0. The molecule has 1 N–H and O–H groups in total. The molecule has 0 bridgehead atoms. The Kier molecular flexibility index (Phi) is 7.91. The molecule has 1 aromatic carbocycles. The third-order valence-electron chi connectivity index (χ3n) is 4.08. The van der Waals surface area contributed by atoms with Crippen molar-refractivity contribution in [1.82, 2.24) is 4.90 Å². The van der Waals surface area contributed by atoms with Crippen LogP contribution < -0.4 is 4.74 Å². The van der Waals surface area contributed by atoms with E-state index in [4.69, 9.17) is 14.3 Å². The zero-order valence-corrected chi connectivity index (χ0v) is 15.1. The molecule has 0 saturated heterocycles. The van der Waals surface area contributed by atoms with Crippen molar-refractivity contribution in [3.63, 3.8) is 0 Å². The van der Waals surface area contributed by atoms with Crippen molar-refractivity contribution >= 4 is 5.71 Å². The van der Waals surface area contributed by atoms with Gasteiger partial charge < -0.3 is 19.4 Å². The lowest BCUT2D eigenvalue weighted by Crippen LogP contribution is -2.39. The van der Waals surface area contributed by atoms with Gasteiger partial charge in [0, 0.05) is 19.5 Å². The molecule has 1 aliphatic rings. The quantitative estimate of drug-likeness (QED) is 0.490. The minimum absolute atomic E-state index is 0.00153. The van der Waals surface area contributed by atoms with Crippen LogP contribution in [0.5, 0.6) is 5.75 Å². The first-order valence-electron chi connectivity index (χ1n) is 8.62. The molecule has 6 nitrogen and oxygen atoms in total. The van der Waals surface area contributed by atoms with Gasteiger partial charge >= 0.3 is 0 Å². The Morgan fingerprint density at radius 3 is 2.84 bits per heavy atom. The van der Waals surface area contributed by atoms with Crippen LogP contribution in [-0.2, 0) is 9.57 Å². The first kappa shape index (κ1) is 19.4. The van der Waals surface area contributed by atoms with Gasteiger partial charge in [0.15, 0.2) is 0 Å². The highest BCUT2D eigenvalue weighted by molar-refractivity contribution is 6.01. The van der Waals surface area contributed by atoms with Crippen LogP contribution in [0, 0.1) is 0 Å². The first-order valence-corrected chi connectivity index (χ1v) is 8.62. The van der Waals surface area contributed by atoms with Crippen molar-refractivity contribution in [3.05, 3.63) is 42.5 Å². The van der Waals surface area contributed by atoms with Gasteiger partial charge in [0.2, 0.25) is 0 Å². The van der Waals surface area contributed by atoms with E-state index in [9.17, 15) is 5.11 Å². The van der Waals surface area contributed by atoms with E-state index in [2.05, 4.69) is 23.6 Å². The number of oxime groups is 1. The molecule has 0 radical (unpaired) electrons. The van der Waals surface area contributed by atoms with Crippen LogP contribution >= 0.6 is 0 Å². The van der Waals surface area contributed by atoms with Crippen LogP contribution in [0.15, 0.2) is 42.1 Å². The number of aliphatic hydroxyl groups is 1. The second-order valence-electron chi connectivity index (χ2n) is 6.03. The van der Waals surface area contributed by atoms with Crippen LogP contribution in [0.4, 0.5) is 0 Å². The van der Waals surface area contributed by atoms with Crippen molar-refractivity contribution in [1.29, 1.82) is 0 Å². The highest BCUT2D eigenvalue weighted by Gasteiger charge is 2.25. The fourth-order valence-electron chi connectivity index (χ4n) is 2.74. The number of nitrogens with zero attached hydrogens (tertiary/aromatic N) is 2. The van der Waals surface area contributed by atoms with Gasteiger partial charge in [-0.2, -0.15) is 0 Å². The Hall–Kier alpha value is -1.89. The summed E-state index contributed by atoms with van der Waals surface area (Å²) in [4.78, 5) is 7.73. The highest BCUT2D eigenvalue weighted by Crippen LogP contribution is 2.20. The zero-order chi connectivity index (χ0) is 18.1. The van der Waals surface area contributed by atoms with Gasteiger partial charge in [0.05, 0.1) is 32.1 Å². The number of benzene rings is 1. The molecule has 0 spiro atoms. The van der Waals surface area contributed by atoms with Gasteiger partial charge in [0.25, 0.3) is 0 Å². The van der Waals surface area contributed by atoms with Gasteiger partial charge in [-0.1, -0.05) is 18.2 Å². The van der Waals surface area contributed by atoms with Crippen molar-refractivity contribution in [2.75, 3.05) is 40.0 Å². The number of methoxy groups -OCH3 is 1. The minimum Gasteiger partial charge on any atom is -0.497 e. The van der Waals surface area contributed by atoms with Gasteiger partial charge in [0.1, 0.15) is 11.9 Å². The zero-order valence-electron chi connectivity index (χ0n) is 15.1. The smallest absolute Gasteiger partial charge is 0.145 e. The van der Waals surface area contributed by atoms with Crippen LogP contribution in [-0.4, -0.2) is 67.9 Å². The lowest BCUT2D eigenvalue weighted by molar-refractivity contribution is 0.00720. The summed E-state index contributed by atoms with van der Waals surface area (Å²) in [7, 11) is 1.65. The Balaban J connectivity index is 1.79. The van der Waals surface area contributed by atoms with Gasteiger partial charge in [-0.3, -0.25) is 4.90 Å². The van der Waals surface area contributed by atoms with E-state index in [0.29, 0.717) is 19.8 Å². The standard InChI is InChI=1S/C19H28N2O4/c1-4-10-24-14-16(22)12-21(5-2)13-18-11-19(20-25-18)15-6-8-17(23-3)9-7-15/h4,6-9,16,18,22H,1,5,10-14H2,2-3H3/t16-,18-/m0/s1. The average molecular weight is 348 g/mol. The summed E-state index contributed by atoms with van der Waals surface area (Å²) in [6.45, 7) is 8.52. The normalized spacial score (nSPS) is 17.9. The highest BCUT2D eigenvalue weighted by atomic mass is 16.6. The van der Waals surface area contributed by atoms with Crippen molar-refractivity contribution in [2.45, 2.75) is 25.6 Å². The molecule has 1 heterocycles. The maximum atomic E-state index is 10.0. The predicted octanol–water partition coefficient (Wildman–Crippen LogP) is 2.07. The van der Waals surface area contributed by atoms with Crippen molar-refractivity contribution < 1.29 is 19.4 Å². The SMILES string of the molecule is C=CCOC[C@@H](O)CN(CC)C[C@@H]1CC(c2ccc(OC)cc2)=NO1. The molecule has 25 heavy (non-hydrogen) atoms. The van der Waals surface area contributed by atoms with Crippen LogP contribution in [0.1, 0.15) is 18.9 Å². The summed E-state index contributed by atoms with van der Waals surface area (Å²) in [6.07, 6.45) is 1.90. The fourth-order valence-corrected chi connectivity index (χ4v) is 2.74. The molecule has 0 unspecified atom stereocenters. The van der Waals surface area contributed by atoms with Crippen LogP contribution in [0.25, 0.3) is 0 Å². The number of ether oxygens (including phenoxy) is 2. The van der Waals surface area contributed by atoms with Gasteiger partial charge in [-0.15, -0.1) is 6.58 Å². The molecule has 0 fully saturated rings. The van der Waals surface area contributed by atoms with E-state index in [1.807, 2.05) is 24.3 Å². The lowest BCUT2D eigenvalue weighted by atomic mass is 10.0. The number of aliphatic hydroxyl groups excluding tert-OH is 1. The van der Waals surface area contributed by atoms with E-state index in [-0.39, 0.29) is 6.10 Å². The molecule has 1 aromatic rings. The maximum Gasteiger partial charge on any atom is 0.145 e. The third-order valence-corrected chi connectivity index (χ3v) is 4.08. The van der Waals surface area contributed by atoms with Gasteiger partial charge in [-0.05, 0) is 36.4 Å². The predicted molar refractivity (Wildman–Crippen MR) is 98.2 cm³/mol. The molecule has 2 rings (SSSR count). The van der Waals surface area contributed by atoms with E-state index in [1.54, 1.807) is 13.2 Å². The van der Waals surface area contributed by atoms with E-state index in [0.717, 1.165) is 36.5 Å². The summed E-state index contributed by atoms with van der Waals surface area (Å²) in [5.74, 6) is 0.824. The monoisotopic (exact) mass is 348 g/mol. The number of hydrogen-bond acceptors (Lipinski definition) is 6. The maximum absolute atomic E-state index is 10.0. The summed E-state index contributed by atoms with van der Waals surface area (Å²) in [5, 5.41) is 14.3. The first-order chi connectivity index (χ1) is 12.2. The number of rotatable bonds is 11. The Morgan fingerprint density at radius 1 is 1.44 bits per heavy atom. The third kappa shape index (κ3) is 6.16. The Morgan fingerprint density at radius 2 is 2.20 bits per heavy atom. The molecular weight excluding hydrogens is 320 g/mol. The number of hydrogen-bond donors (Lipinski definition) is 1. The molecule has 2 atom stereocenters. The molecule has 0 aromatic heterocycles. The minimum atomic E-state index is -0.525. The molecule has 138 valence electrons. The van der Waals surface area contributed by atoms with Gasteiger partial charge in [-0.25, -0.2) is 0 Å². The van der Waals surface area contributed by atoms with Crippen molar-refractivity contribution in [2.24, 2.45) is 5.16 Å². The fraction of sp³-hybridized carbons (Fsp3) is 0.526. The van der Waals surface area contributed by atoms with Crippen LogP contribution in [0.2, 0.25) is 0 Å². The van der Waals surface area contributed by atoms with E-state index >= 15 is 0 Å². The molecule has 0 amide bonds. The summed E-state index contributed by atoms with van der Waals surface area (Å²) in [6, 6.07) is 7.82. The van der Waals surface area contributed by atoms with Crippen molar-refractivity contribution in [3.8, 4) is 5.75 Å². The molecular formula is C19H28N2O4. The molecule has 6 heteroatoms. The Bertz CT molecular complexity index is 559. The second-order valence-corrected chi connectivity index (χ2v) is 6.03. The molecule has 0 saturated carbocycles. The molecule has 0 aliphatic carbocycles. The summed E-state index contributed by atoms with van der Waals surface area (Å²) in [5.41, 5.74) is 1.99. The molecule has 1 aliphatic heterocycles. The van der Waals surface area contributed by atoms with E-state index in [1.165, 1.54) is 0 Å². The number of likely N-dealkylation sites (N-methyl/N-ethyl adjacent to an activating group) is 1. The Labute approximate surface area is 149 Å². The van der Waals surface area contributed by atoms with E-state index < -0.39 is 6.10 Å². The topological polar surface area (TPSA) is 63.5 Å². The second kappa shape index (κ2) is 10.2. The lowest BCUT2D eigenvalue weighted by Gasteiger charge is -2.25.